The molecule has 0 saturated heterocycles. The van der Waals surface area contributed by atoms with E-state index in [0.717, 1.165) is 5.71 Å². The summed E-state index contributed by atoms with van der Waals surface area (Å²) in [4.78, 5) is 0. The van der Waals surface area contributed by atoms with Crippen molar-refractivity contribution in [2.45, 2.75) is 20.4 Å². The van der Waals surface area contributed by atoms with Crippen molar-refractivity contribution in [1.82, 2.24) is 0 Å². The second-order valence-corrected chi connectivity index (χ2v) is 2.29. The van der Waals surface area contributed by atoms with Gasteiger partial charge in [-0.15, -0.1) is 5.16 Å². The van der Waals surface area contributed by atoms with Crippen molar-refractivity contribution in [1.29, 1.82) is 0 Å². The van der Waals surface area contributed by atoms with E-state index in [2.05, 4.69) is 5.16 Å². The molecule has 3 heteroatoms. The Morgan fingerprint density at radius 1 is 1.57 bits per heavy atom. The van der Waals surface area contributed by atoms with E-state index in [-0.39, 0.29) is 9.76 Å². The standard InChI is InChI=1S/C4H11NOSi/c1-4(2)5-6-7-3/h7H2,1-3H3. The van der Waals surface area contributed by atoms with Gasteiger partial charge in [0.1, 0.15) is 0 Å². The number of hydrogen-bond acceptors (Lipinski definition) is 2. The molecule has 0 aliphatic rings. The van der Waals surface area contributed by atoms with Crippen molar-refractivity contribution in [3.63, 3.8) is 0 Å². The highest BCUT2D eigenvalue weighted by molar-refractivity contribution is 6.24. The van der Waals surface area contributed by atoms with Gasteiger partial charge in [-0.05, 0) is 20.4 Å². The maximum absolute atomic E-state index is 4.82. The average molecular weight is 117 g/mol. The Balaban J connectivity index is 3.08. The molecule has 0 heterocycles. The highest BCUT2D eigenvalue weighted by atomic mass is 28.2. The third kappa shape index (κ3) is 5.69. The summed E-state index contributed by atoms with van der Waals surface area (Å²) in [6, 6.07) is 0. The first-order chi connectivity index (χ1) is 3.27. The third-order valence-corrected chi connectivity index (χ3v) is 0.764. The zero-order valence-corrected chi connectivity index (χ0v) is 6.48. The largest absolute Gasteiger partial charge is 0.463 e. The molecule has 0 fully saturated rings. The smallest absolute Gasteiger partial charge is 0.254 e. The van der Waals surface area contributed by atoms with Crippen molar-refractivity contribution in [3.05, 3.63) is 0 Å². The van der Waals surface area contributed by atoms with E-state index in [1.807, 2.05) is 20.4 Å². The average Bonchev–Trinajstić information content (AvgIpc) is 1.61. The molecule has 0 spiro atoms. The first-order valence-electron chi connectivity index (χ1n) is 2.40. The molecule has 0 unspecified atom stereocenters. The molecule has 0 N–H and O–H groups in total. The van der Waals surface area contributed by atoms with Crippen LogP contribution in [0.4, 0.5) is 0 Å². The summed E-state index contributed by atoms with van der Waals surface area (Å²) in [6.07, 6.45) is 0. The number of oxime groups is 1. The van der Waals surface area contributed by atoms with Gasteiger partial charge in [0.2, 0.25) is 0 Å². The summed E-state index contributed by atoms with van der Waals surface area (Å²) in [5.74, 6) is 0. The zero-order valence-electron chi connectivity index (χ0n) is 5.06. The monoisotopic (exact) mass is 117 g/mol. The maximum atomic E-state index is 4.82. The van der Waals surface area contributed by atoms with Gasteiger partial charge in [0.05, 0.1) is 0 Å². The molecule has 0 atom stereocenters. The Hall–Kier alpha value is -0.313. The van der Waals surface area contributed by atoms with Crippen molar-refractivity contribution in [3.8, 4) is 0 Å². The molecule has 0 aromatic carbocycles. The topological polar surface area (TPSA) is 21.6 Å². The van der Waals surface area contributed by atoms with Gasteiger partial charge in [0, 0.05) is 5.71 Å². The van der Waals surface area contributed by atoms with E-state index in [1.165, 1.54) is 0 Å². The van der Waals surface area contributed by atoms with Crippen LogP contribution in [0.2, 0.25) is 6.55 Å². The van der Waals surface area contributed by atoms with Gasteiger partial charge >= 0.3 is 0 Å². The summed E-state index contributed by atoms with van der Waals surface area (Å²) in [6.45, 7) is 5.89. The van der Waals surface area contributed by atoms with Crippen molar-refractivity contribution in [2.75, 3.05) is 0 Å². The highest BCUT2D eigenvalue weighted by Crippen LogP contribution is 1.74. The minimum Gasteiger partial charge on any atom is -0.463 e. The fraction of sp³-hybridized carbons (Fsp3) is 0.750. The van der Waals surface area contributed by atoms with Gasteiger partial charge in [0.15, 0.2) is 0 Å². The summed E-state index contributed by atoms with van der Waals surface area (Å²) in [5, 5.41) is 3.72. The van der Waals surface area contributed by atoms with E-state index in [0.29, 0.717) is 0 Å². The van der Waals surface area contributed by atoms with Gasteiger partial charge < -0.3 is 4.53 Å². The van der Waals surface area contributed by atoms with E-state index >= 15 is 0 Å². The van der Waals surface area contributed by atoms with Crippen molar-refractivity contribution >= 4 is 15.5 Å². The third-order valence-electron chi connectivity index (χ3n) is 0.376. The van der Waals surface area contributed by atoms with Crippen LogP contribution in [0.3, 0.4) is 0 Å². The second-order valence-electron chi connectivity index (χ2n) is 1.46. The molecule has 0 bridgehead atoms. The molecule has 0 rings (SSSR count). The summed E-state index contributed by atoms with van der Waals surface area (Å²) in [7, 11) is -0.316. The quantitative estimate of drug-likeness (QED) is 0.294. The lowest BCUT2D eigenvalue weighted by atomic mass is 10.5. The lowest BCUT2D eigenvalue weighted by Crippen LogP contribution is -1.87. The van der Waals surface area contributed by atoms with Crippen LogP contribution in [0.25, 0.3) is 0 Å². The molecular weight excluding hydrogens is 106 g/mol. The van der Waals surface area contributed by atoms with Gasteiger partial charge in [0.25, 0.3) is 9.76 Å². The predicted molar refractivity (Wildman–Crippen MR) is 34.3 cm³/mol. The van der Waals surface area contributed by atoms with Crippen LogP contribution < -0.4 is 0 Å². The molecular formula is C4H11NOSi. The fourth-order valence-electron chi connectivity index (χ4n) is 0.194. The Morgan fingerprint density at radius 2 is 2.14 bits per heavy atom. The molecule has 2 nitrogen and oxygen atoms in total. The van der Waals surface area contributed by atoms with Crippen LogP contribution in [0.5, 0.6) is 0 Å². The molecule has 0 amide bonds. The van der Waals surface area contributed by atoms with Gasteiger partial charge in [-0.1, -0.05) is 0 Å². The molecule has 7 heavy (non-hydrogen) atoms. The number of nitrogens with zero attached hydrogens (tertiary/aromatic N) is 1. The first kappa shape index (κ1) is 6.69. The Labute approximate surface area is 46.5 Å². The van der Waals surface area contributed by atoms with Gasteiger partial charge in [-0.2, -0.15) is 0 Å². The van der Waals surface area contributed by atoms with Crippen LogP contribution in [0.1, 0.15) is 13.8 Å². The Bertz CT molecular complexity index is 68.1. The Kier molecular flexibility index (Phi) is 3.69. The lowest BCUT2D eigenvalue weighted by Gasteiger charge is -1.90. The fourth-order valence-corrected chi connectivity index (χ4v) is 0.581. The van der Waals surface area contributed by atoms with Crippen LogP contribution in [-0.2, 0) is 4.53 Å². The molecule has 0 aromatic heterocycles. The van der Waals surface area contributed by atoms with Crippen molar-refractivity contribution in [2.24, 2.45) is 5.16 Å². The lowest BCUT2D eigenvalue weighted by molar-refractivity contribution is 0.365. The minimum atomic E-state index is -0.316. The summed E-state index contributed by atoms with van der Waals surface area (Å²) < 4.78 is 4.82. The van der Waals surface area contributed by atoms with Crippen LogP contribution in [0.15, 0.2) is 5.16 Å². The molecule has 0 aliphatic heterocycles. The summed E-state index contributed by atoms with van der Waals surface area (Å²) in [5.41, 5.74) is 0.995. The normalized spacial score (nSPS) is 9.57. The van der Waals surface area contributed by atoms with E-state index in [1.54, 1.807) is 0 Å². The maximum Gasteiger partial charge on any atom is 0.254 e. The van der Waals surface area contributed by atoms with Gasteiger partial charge in [-0.25, -0.2) is 0 Å². The van der Waals surface area contributed by atoms with Crippen LogP contribution >= 0.6 is 0 Å². The van der Waals surface area contributed by atoms with E-state index in [4.69, 9.17) is 4.53 Å². The number of hydrogen-bond donors (Lipinski definition) is 0. The molecule has 0 saturated carbocycles. The SMILES string of the molecule is C[SiH2]ON=C(C)C. The predicted octanol–water partition coefficient (Wildman–Crippen LogP) is 0.531. The molecule has 0 aromatic rings. The van der Waals surface area contributed by atoms with Crippen molar-refractivity contribution < 1.29 is 4.53 Å². The number of rotatable bonds is 2. The molecule has 0 radical (unpaired) electrons. The minimum absolute atomic E-state index is 0.316. The second kappa shape index (κ2) is 3.86. The first-order valence-corrected chi connectivity index (χ1v) is 4.39. The van der Waals surface area contributed by atoms with E-state index in [9.17, 15) is 0 Å². The van der Waals surface area contributed by atoms with Gasteiger partial charge in [-0.3, -0.25) is 0 Å². The zero-order chi connectivity index (χ0) is 5.70. The molecule has 0 aliphatic carbocycles. The summed E-state index contributed by atoms with van der Waals surface area (Å²) >= 11 is 0. The van der Waals surface area contributed by atoms with Crippen LogP contribution in [-0.4, -0.2) is 15.5 Å². The van der Waals surface area contributed by atoms with Crippen LogP contribution in [0, 0.1) is 0 Å². The highest BCUT2D eigenvalue weighted by Gasteiger charge is 1.73. The Morgan fingerprint density at radius 3 is 2.29 bits per heavy atom. The van der Waals surface area contributed by atoms with E-state index < -0.39 is 0 Å². The molecule has 42 valence electrons.